The summed E-state index contributed by atoms with van der Waals surface area (Å²) in [6.07, 6.45) is 0.839. The number of ether oxygens (including phenoxy) is 2. The smallest absolute Gasteiger partial charge is 0.354 e. The van der Waals surface area contributed by atoms with Gasteiger partial charge in [0, 0.05) is 0 Å². The van der Waals surface area contributed by atoms with Gasteiger partial charge in [0.25, 0.3) is 0 Å². The largest absolute Gasteiger partial charge is 0.466 e. The molecule has 0 fully saturated rings. The van der Waals surface area contributed by atoms with Crippen LogP contribution in [0.1, 0.15) is 0 Å². The van der Waals surface area contributed by atoms with Gasteiger partial charge in [-0.3, -0.25) is 0 Å². The summed E-state index contributed by atoms with van der Waals surface area (Å²) in [6.45, 7) is 0. The molecule has 8 nitrogen and oxygen atoms in total. The molecule has 0 spiro atoms. The van der Waals surface area contributed by atoms with E-state index in [0.29, 0.717) is 0 Å². The first-order valence-corrected chi connectivity index (χ1v) is 7.11. The second-order valence-electron chi connectivity index (χ2n) is 3.74. The van der Waals surface area contributed by atoms with Crippen molar-refractivity contribution in [3.63, 3.8) is 0 Å². The van der Waals surface area contributed by atoms with Crippen LogP contribution in [-0.4, -0.2) is 34.6 Å². The predicted molar refractivity (Wildman–Crippen MR) is 73.6 cm³/mol. The first-order valence-electron chi connectivity index (χ1n) is 5.56. The summed E-state index contributed by atoms with van der Waals surface area (Å²) in [4.78, 5) is 22.6. The van der Waals surface area contributed by atoms with E-state index in [1.807, 2.05) is 0 Å². The Kier molecular flexibility index (Phi) is 5.44. The fraction of sp³-hybridized carbons (Fsp3) is 0.167. The number of nitrogens with one attached hydrogen (secondary N) is 1. The third kappa shape index (κ3) is 4.58. The highest BCUT2D eigenvalue weighted by atomic mass is 32.2. The zero-order valence-electron chi connectivity index (χ0n) is 11.3. The number of carbonyl (C=O) groups is 2. The van der Waals surface area contributed by atoms with Crippen molar-refractivity contribution in [2.75, 3.05) is 19.5 Å². The van der Waals surface area contributed by atoms with Crippen LogP contribution in [0.25, 0.3) is 0 Å². The summed E-state index contributed by atoms with van der Waals surface area (Å²) in [6, 6.07) is 5.63. The van der Waals surface area contributed by atoms with E-state index in [0.717, 1.165) is 20.3 Å². The molecule has 3 N–H and O–H groups in total. The van der Waals surface area contributed by atoms with Crippen LogP contribution in [0.2, 0.25) is 0 Å². The second-order valence-corrected chi connectivity index (χ2v) is 5.27. The first kappa shape index (κ1) is 16.7. The predicted octanol–water partition coefficient (Wildman–Crippen LogP) is -0.0242. The quantitative estimate of drug-likeness (QED) is 0.577. The highest BCUT2D eigenvalue weighted by Crippen LogP contribution is 2.21. The molecule has 1 rings (SSSR count). The molecule has 0 atom stereocenters. The third-order valence-corrected chi connectivity index (χ3v) is 3.30. The lowest BCUT2D eigenvalue weighted by molar-refractivity contribution is -0.138. The molecule has 0 amide bonds. The minimum Gasteiger partial charge on any atom is -0.466 e. The maximum Gasteiger partial charge on any atom is 0.354 e. The van der Waals surface area contributed by atoms with Gasteiger partial charge >= 0.3 is 11.9 Å². The van der Waals surface area contributed by atoms with E-state index >= 15 is 0 Å². The fourth-order valence-electron chi connectivity index (χ4n) is 1.40. The minimum absolute atomic E-state index is 0.0283. The fourth-order valence-corrected chi connectivity index (χ4v) is 2.09. The summed E-state index contributed by atoms with van der Waals surface area (Å²) in [7, 11) is -1.76. The number of rotatable bonds is 5. The molecule has 0 aliphatic rings. The lowest BCUT2D eigenvalue weighted by Gasteiger charge is -2.12. The van der Waals surface area contributed by atoms with E-state index in [9.17, 15) is 18.0 Å². The third-order valence-electron chi connectivity index (χ3n) is 2.33. The van der Waals surface area contributed by atoms with E-state index in [1.165, 1.54) is 24.3 Å². The Labute approximate surface area is 121 Å². The molecule has 0 saturated carbocycles. The van der Waals surface area contributed by atoms with Crippen molar-refractivity contribution < 1.29 is 27.5 Å². The summed E-state index contributed by atoms with van der Waals surface area (Å²) in [5.74, 6) is -1.68. The van der Waals surface area contributed by atoms with Crippen LogP contribution in [0.4, 0.5) is 5.69 Å². The standard InChI is InChI=1S/C12H14N2O6S/c1-19-11(15)7-9(12(16)20-2)14-8-5-3-4-6-10(8)21(13,17)18/h3-7,14H,1-2H3,(H2,13,17,18)/b9-7-. The van der Waals surface area contributed by atoms with Crippen LogP contribution < -0.4 is 10.5 Å². The number of para-hydroxylation sites is 1. The maximum absolute atomic E-state index is 11.6. The lowest BCUT2D eigenvalue weighted by Crippen LogP contribution is -2.19. The number of nitrogens with two attached hydrogens (primary N) is 1. The summed E-state index contributed by atoms with van der Waals surface area (Å²) in [5, 5.41) is 7.57. The number of carbonyl (C=O) groups excluding carboxylic acids is 2. The van der Waals surface area contributed by atoms with E-state index in [4.69, 9.17) is 5.14 Å². The van der Waals surface area contributed by atoms with E-state index < -0.39 is 22.0 Å². The average molecular weight is 314 g/mol. The summed E-state index contributed by atoms with van der Waals surface area (Å²) >= 11 is 0. The molecule has 1 aromatic carbocycles. The molecule has 0 aliphatic carbocycles. The van der Waals surface area contributed by atoms with Crippen LogP contribution >= 0.6 is 0 Å². The van der Waals surface area contributed by atoms with Crippen LogP contribution in [0.5, 0.6) is 0 Å². The van der Waals surface area contributed by atoms with Gasteiger partial charge in [0.1, 0.15) is 10.6 Å². The van der Waals surface area contributed by atoms with Gasteiger partial charge in [0.15, 0.2) is 0 Å². The monoisotopic (exact) mass is 314 g/mol. The molecule has 0 heterocycles. The van der Waals surface area contributed by atoms with Crippen molar-refractivity contribution in [2.45, 2.75) is 4.90 Å². The average Bonchev–Trinajstić information content (AvgIpc) is 2.44. The van der Waals surface area contributed by atoms with Gasteiger partial charge < -0.3 is 14.8 Å². The van der Waals surface area contributed by atoms with Gasteiger partial charge in [-0.2, -0.15) is 0 Å². The number of esters is 2. The summed E-state index contributed by atoms with van der Waals surface area (Å²) in [5.41, 5.74) is -0.263. The normalized spacial score (nSPS) is 11.7. The zero-order valence-corrected chi connectivity index (χ0v) is 12.1. The van der Waals surface area contributed by atoms with Gasteiger partial charge in [-0.25, -0.2) is 23.1 Å². The van der Waals surface area contributed by atoms with E-state index in [2.05, 4.69) is 14.8 Å². The van der Waals surface area contributed by atoms with Gasteiger partial charge in [-0.05, 0) is 12.1 Å². The molecular weight excluding hydrogens is 300 g/mol. The second kappa shape index (κ2) is 6.86. The van der Waals surface area contributed by atoms with Crippen molar-refractivity contribution in [2.24, 2.45) is 5.14 Å². The van der Waals surface area contributed by atoms with Gasteiger partial charge in [0.2, 0.25) is 10.0 Å². The molecule has 0 aliphatic heterocycles. The molecule has 21 heavy (non-hydrogen) atoms. The number of anilines is 1. The van der Waals surface area contributed by atoms with E-state index in [1.54, 1.807) is 0 Å². The Morgan fingerprint density at radius 1 is 1.19 bits per heavy atom. The number of hydrogen-bond acceptors (Lipinski definition) is 7. The molecule has 0 aromatic heterocycles. The Bertz CT molecular complexity index is 681. The van der Waals surface area contributed by atoms with E-state index in [-0.39, 0.29) is 16.3 Å². The number of methoxy groups -OCH3 is 2. The van der Waals surface area contributed by atoms with Crippen molar-refractivity contribution in [1.82, 2.24) is 0 Å². The van der Waals surface area contributed by atoms with Crippen molar-refractivity contribution in [3.05, 3.63) is 36.0 Å². The molecular formula is C12H14N2O6S. The number of hydrogen-bond donors (Lipinski definition) is 2. The Morgan fingerprint density at radius 2 is 1.81 bits per heavy atom. The number of benzene rings is 1. The molecule has 9 heteroatoms. The van der Waals surface area contributed by atoms with Crippen molar-refractivity contribution >= 4 is 27.6 Å². The van der Waals surface area contributed by atoms with Gasteiger partial charge in [-0.15, -0.1) is 0 Å². The SMILES string of the molecule is COC(=O)/C=C(\Nc1ccccc1S(N)(=O)=O)C(=O)OC. The molecule has 0 radical (unpaired) electrons. The maximum atomic E-state index is 11.6. The van der Waals surface area contributed by atoms with Crippen molar-refractivity contribution in [3.8, 4) is 0 Å². The first-order chi connectivity index (χ1) is 9.79. The molecule has 0 bridgehead atoms. The molecule has 114 valence electrons. The highest BCUT2D eigenvalue weighted by molar-refractivity contribution is 7.89. The topological polar surface area (TPSA) is 125 Å². The number of sulfonamides is 1. The lowest BCUT2D eigenvalue weighted by atomic mass is 10.3. The van der Waals surface area contributed by atoms with Gasteiger partial charge in [0.05, 0.1) is 26.0 Å². The Morgan fingerprint density at radius 3 is 2.33 bits per heavy atom. The minimum atomic E-state index is -4.00. The van der Waals surface area contributed by atoms with Crippen LogP contribution in [0.15, 0.2) is 40.9 Å². The summed E-state index contributed by atoms with van der Waals surface area (Å²) < 4.78 is 31.8. The highest BCUT2D eigenvalue weighted by Gasteiger charge is 2.18. The number of primary sulfonamides is 1. The molecule has 0 saturated heterocycles. The Hall–Kier alpha value is -2.39. The van der Waals surface area contributed by atoms with Crippen LogP contribution in [-0.2, 0) is 29.1 Å². The zero-order chi connectivity index (χ0) is 16.0. The van der Waals surface area contributed by atoms with Gasteiger partial charge in [-0.1, -0.05) is 12.1 Å². The molecule has 1 aromatic rings. The molecule has 0 unspecified atom stereocenters. The van der Waals surface area contributed by atoms with Crippen LogP contribution in [0, 0.1) is 0 Å². The Balaban J connectivity index is 3.26. The van der Waals surface area contributed by atoms with Crippen LogP contribution in [0.3, 0.4) is 0 Å². The van der Waals surface area contributed by atoms with Crippen molar-refractivity contribution in [1.29, 1.82) is 0 Å².